The van der Waals surface area contributed by atoms with Crippen LogP contribution in [0.25, 0.3) is 0 Å². The smallest absolute Gasteiger partial charge is 0.208 e. The number of carbonyl (C=O) groups is 1. The van der Waals surface area contributed by atoms with Gasteiger partial charge >= 0.3 is 0 Å². The van der Waals surface area contributed by atoms with Gasteiger partial charge in [0.2, 0.25) is 6.41 Å². The van der Waals surface area contributed by atoms with Crippen LogP contribution < -0.4 is 10.2 Å². The van der Waals surface area contributed by atoms with Crippen LogP contribution in [0.5, 0.6) is 0 Å². The van der Waals surface area contributed by atoms with Gasteiger partial charge in [-0.3, -0.25) is 4.79 Å². The van der Waals surface area contributed by atoms with Gasteiger partial charge in [0.1, 0.15) is 6.17 Å². The van der Waals surface area contributed by atoms with Crippen LogP contribution >= 0.6 is 0 Å². The summed E-state index contributed by atoms with van der Waals surface area (Å²) in [4.78, 5) is 12.6. The first-order valence-electron chi connectivity index (χ1n) is 4.93. The fourth-order valence-corrected chi connectivity index (χ4v) is 1.95. The maximum Gasteiger partial charge on any atom is 0.208 e. The zero-order chi connectivity index (χ0) is 9.80. The molecule has 1 fully saturated rings. The lowest BCUT2D eigenvalue weighted by molar-refractivity contribution is -0.110. The minimum absolute atomic E-state index is 0.176. The molecule has 0 spiro atoms. The van der Waals surface area contributed by atoms with Gasteiger partial charge in [0, 0.05) is 12.2 Å². The third-order valence-corrected chi connectivity index (χ3v) is 2.60. The van der Waals surface area contributed by atoms with E-state index in [9.17, 15) is 4.79 Å². The van der Waals surface area contributed by atoms with Crippen molar-refractivity contribution in [3.63, 3.8) is 0 Å². The van der Waals surface area contributed by atoms with E-state index in [0.717, 1.165) is 25.8 Å². The van der Waals surface area contributed by atoms with Crippen LogP contribution in [0.4, 0.5) is 5.69 Å². The van der Waals surface area contributed by atoms with E-state index in [4.69, 9.17) is 0 Å². The molecular weight excluding hydrogens is 176 g/mol. The fourth-order valence-electron chi connectivity index (χ4n) is 1.95. The second-order valence-corrected chi connectivity index (χ2v) is 3.47. The lowest BCUT2D eigenvalue weighted by atomic mass is 10.3. The Bertz CT molecular complexity index is 299. The van der Waals surface area contributed by atoms with Crippen LogP contribution in [0, 0.1) is 0 Å². The van der Waals surface area contributed by atoms with Gasteiger partial charge in [-0.25, -0.2) is 0 Å². The van der Waals surface area contributed by atoms with Crippen molar-refractivity contribution in [3.05, 3.63) is 30.3 Å². The third kappa shape index (κ3) is 1.71. The molecule has 1 amide bonds. The Kier molecular flexibility index (Phi) is 2.68. The molecule has 0 radical (unpaired) electrons. The van der Waals surface area contributed by atoms with E-state index in [2.05, 4.69) is 22.3 Å². The van der Waals surface area contributed by atoms with E-state index in [1.54, 1.807) is 0 Å². The van der Waals surface area contributed by atoms with Crippen molar-refractivity contribution in [2.75, 3.05) is 11.4 Å². The summed E-state index contributed by atoms with van der Waals surface area (Å²) < 4.78 is 0. The van der Waals surface area contributed by atoms with Crippen molar-refractivity contribution in [1.82, 2.24) is 5.32 Å². The molecule has 1 saturated heterocycles. The molecule has 1 aliphatic heterocycles. The molecule has 3 heteroatoms. The van der Waals surface area contributed by atoms with Gasteiger partial charge in [-0.05, 0) is 25.0 Å². The molecule has 0 unspecified atom stereocenters. The number of carbonyl (C=O) groups excluding carboxylic acids is 1. The summed E-state index contributed by atoms with van der Waals surface area (Å²) in [6.07, 6.45) is 3.13. The molecule has 0 aliphatic carbocycles. The van der Waals surface area contributed by atoms with Crippen molar-refractivity contribution >= 4 is 12.1 Å². The van der Waals surface area contributed by atoms with Gasteiger partial charge in [-0.1, -0.05) is 18.2 Å². The maximum atomic E-state index is 10.4. The largest absolute Gasteiger partial charge is 0.351 e. The number of hydrogen-bond acceptors (Lipinski definition) is 2. The first-order chi connectivity index (χ1) is 6.92. The molecule has 3 nitrogen and oxygen atoms in total. The number of anilines is 1. The van der Waals surface area contributed by atoms with Crippen molar-refractivity contribution in [2.24, 2.45) is 0 Å². The number of amides is 1. The average Bonchev–Trinajstić information content (AvgIpc) is 2.68. The highest BCUT2D eigenvalue weighted by atomic mass is 16.1. The molecule has 0 saturated carbocycles. The SMILES string of the molecule is O=CN[C@@H]1CCCN1c1ccccc1. The number of rotatable bonds is 3. The number of benzene rings is 1. The summed E-state index contributed by atoms with van der Waals surface area (Å²) in [6.45, 7) is 1.02. The van der Waals surface area contributed by atoms with Crippen molar-refractivity contribution in [1.29, 1.82) is 0 Å². The third-order valence-electron chi connectivity index (χ3n) is 2.60. The Morgan fingerprint density at radius 3 is 2.86 bits per heavy atom. The molecular formula is C11H14N2O. The molecule has 0 aromatic heterocycles. The monoisotopic (exact) mass is 190 g/mol. The van der Waals surface area contributed by atoms with Crippen LogP contribution in [-0.4, -0.2) is 19.1 Å². The Morgan fingerprint density at radius 2 is 2.14 bits per heavy atom. The van der Waals surface area contributed by atoms with Gasteiger partial charge in [-0.2, -0.15) is 0 Å². The van der Waals surface area contributed by atoms with E-state index >= 15 is 0 Å². The highest BCUT2D eigenvalue weighted by molar-refractivity contribution is 5.52. The first-order valence-corrected chi connectivity index (χ1v) is 4.93. The van der Waals surface area contributed by atoms with Gasteiger partial charge < -0.3 is 10.2 Å². The van der Waals surface area contributed by atoms with Crippen LogP contribution in [0.3, 0.4) is 0 Å². The quantitative estimate of drug-likeness (QED) is 0.730. The summed E-state index contributed by atoms with van der Waals surface area (Å²) >= 11 is 0. The zero-order valence-corrected chi connectivity index (χ0v) is 8.02. The van der Waals surface area contributed by atoms with Crippen LogP contribution in [0.15, 0.2) is 30.3 Å². The highest BCUT2D eigenvalue weighted by Crippen LogP contribution is 2.23. The topological polar surface area (TPSA) is 32.3 Å². The second kappa shape index (κ2) is 4.13. The average molecular weight is 190 g/mol. The summed E-state index contributed by atoms with van der Waals surface area (Å²) in [5, 5.41) is 2.84. The predicted octanol–water partition coefficient (Wildman–Crippen LogP) is 1.36. The van der Waals surface area contributed by atoms with E-state index in [1.165, 1.54) is 5.69 Å². The second-order valence-electron chi connectivity index (χ2n) is 3.47. The fraction of sp³-hybridized carbons (Fsp3) is 0.364. The molecule has 1 aliphatic rings. The maximum absolute atomic E-state index is 10.4. The zero-order valence-electron chi connectivity index (χ0n) is 8.02. The Hall–Kier alpha value is -1.51. The molecule has 0 bridgehead atoms. The number of nitrogens with one attached hydrogen (secondary N) is 1. The number of nitrogens with zero attached hydrogens (tertiary/aromatic N) is 1. The summed E-state index contributed by atoms with van der Waals surface area (Å²) in [7, 11) is 0. The number of hydrogen-bond donors (Lipinski definition) is 1. The molecule has 1 aromatic carbocycles. The molecule has 1 heterocycles. The van der Waals surface area contributed by atoms with Crippen LogP contribution in [0.1, 0.15) is 12.8 Å². The van der Waals surface area contributed by atoms with Gasteiger partial charge in [-0.15, -0.1) is 0 Å². The van der Waals surface area contributed by atoms with Gasteiger partial charge in [0.25, 0.3) is 0 Å². The van der Waals surface area contributed by atoms with E-state index < -0.39 is 0 Å². The first kappa shape index (κ1) is 9.06. The standard InChI is InChI=1S/C11H14N2O/c14-9-12-11-7-4-8-13(11)10-5-2-1-3-6-10/h1-3,5-6,9,11H,4,7-8H2,(H,12,14)/t11-/m0/s1. The molecule has 2 rings (SSSR count). The van der Waals surface area contributed by atoms with E-state index in [1.807, 2.05) is 18.2 Å². The minimum atomic E-state index is 0.176. The molecule has 74 valence electrons. The molecule has 14 heavy (non-hydrogen) atoms. The summed E-state index contributed by atoms with van der Waals surface area (Å²) in [5.74, 6) is 0. The van der Waals surface area contributed by atoms with Crippen molar-refractivity contribution in [2.45, 2.75) is 19.0 Å². The normalized spacial score (nSPS) is 20.9. The van der Waals surface area contributed by atoms with Gasteiger partial charge in [0.05, 0.1) is 0 Å². The molecule has 1 N–H and O–H groups in total. The Balaban J connectivity index is 2.13. The Labute approximate surface area is 83.7 Å². The predicted molar refractivity (Wildman–Crippen MR) is 56.0 cm³/mol. The molecule has 1 atom stereocenters. The summed E-state index contributed by atoms with van der Waals surface area (Å²) in [5.41, 5.74) is 1.18. The van der Waals surface area contributed by atoms with E-state index in [-0.39, 0.29) is 6.17 Å². The highest BCUT2D eigenvalue weighted by Gasteiger charge is 2.23. The lowest BCUT2D eigenvalue weighted by Crippen LogP contribution is -2.40. The lowest BCUT2D eigenvalue weighted by Gasteiger charge is -2.25. The van der Waals surface area contributed by atoms with Gasteiger partial charge in [0.15, 0.2) is 0 Å². The van der Waals surface area contributed by atoms with Crippen molar-refractivity contribution < 1.29 is 4.79 Å². The van der Waals surface area contributed by atoms with Crippen molar-refractivity contribution in [3.8, 4) is 0 Å². The molecule has 1 aromatic rings. The van der Waals surface area contributed by atoms with Crippen LogP contribution in [0.2, 0.25) is 0 Å². The number of para-hydroxylation sites is 1. The summed E-state index contributed by atoms with van der Waals surface area (Å²) in [6, 6.07) is 10.2. The van der Waals surface area contributed by atoms with Crippen LogP contribution in [-0.2, 0) is 4.79 Å². The minimum Gasteiger partial charge on any atom is -0.351 e. The van der Waals surface area contributed by atoms with E-state index in [0.29, 0.717) is 0 Å². The Morgan fingerprint density at radius 1 is 1.36 bits per heavy atom.